The Morgan fingerprint density at radius 2 is 1.43 bits per heavy atom. The second-order valence-corrected chi connectivity index (χ2v) is 29.9. The molecule has 0 spiro atoms. The maximum atomic E-state index is 7.95. The summed E-state index contributed by atoms with van der Waals surface area (Å²) in [5, 5.41) is 3.00. The fourth-order valence-electron chi connectivity index (χ4n) is 7.09. The summed E-state index contributed by atoms with van der Waals surface area (Å²) in [7, 11) is 15.3. The van der Waals surface area contributed by atoms with E-state index in [1.165, 1.54) is 69.3 Å². The van der Waals surface area contributed by atoms with Crippen LogP contribution in [0.5, 0.6) is 0 Å². The van der Waals surface area contributed by atoms with Gasteiger partial charge in [0.15, 0.2) is 0 Å². The average molecular weight is 689 g/mol. The summed E-state index contributed by atoms with van der Waals surface area (Å²) in [5.41, 5.74) is 13.5. The Labute approximate surface area is 266 Å². The zero-order valence-electron chi connectivity index (χ0n) is 26.2. The summed E-state index contributed by atoms with van der Waals surface area (Å²) in [5.74, 6) is 0.937. The van der Waals surface area contributed by atoms with Crippen LogP contribution in [0.25, 0.3) is 28.3 Å². The predicted molar refractivity (Wildman–Crippen MR) is 186 cm³/mol. The van der Waals surface area contributed by atoms with Crippen molar-refractivity contribution in [1.29, 1.82) is 0 Å². The van der Waals surface area contributed by atoms with Crippen molar-refractivity contribution in [1.82, 2.24) is 0 Å². The van der Waals surface area contributed by atoms with Crippen LogP contribution in [-0.4, -0.2) is 9.52 Å². The summed E-state index contributed by atoms with van der Waals surface area (Å²) in [6.07, 6.45) is 2.48. The van der Waals surface area contributed by atoms with Crippen molar-refractivity contribution >= 4 is 46.3 Å². The summed E-state index contributed by atoms with van der Waals surface area (Å²) >= 11 is -4.06. The monoisotopic (exact) mass is 686 g/mol. The van der Waals surface area contributed by atoms with Gasteiger partial charge in [0, 0.05) is 0 Å². The van der Waals surface area contributed by atoms with Gasteiger partial charge in [0.1, 0.15) is 0 Å². The molecule has 1 aliphatic carbocycles. The maximum absolute atomic E-state index is 7.95. The summed E-state index contributed by atoms with van der Waals surface area (Å²) in [4.78, 5) is 0. The Kier molecular flexibility index (Phi) is 7.96. The number of hydrogen-bond acceptors (Lipinski definition) is 0. The Bertz CT molecular complexity index is 1710. The second-order valence-electron chi connectivity index (χ2n) is 14.0. The van der Waals surface area contributed by atoms with Gasteiger partial charge in [-0.05, 0) is 0 Å². The second kappa shape index (κ2) is 11.0. The van der Waals surface area contributed by atoms with Crippen LogP contribution in [0, 0.1) is 12.3 Å². The number of rotatable bonds is 5. The van der Waals surface area contributed by atoms with Crippen LogP contribution in [0.3, 0.4) is 0 Å². The number of halogens is 2. The number of benzene rings is 4. The Hall–Kier alpha value is -1.70. The number of hydrogen-bond donors (Lipinski definition) is 0. The minimum atomic E-state index is -4.06. The van der Waals surface area contributed by atoms with E-state index in [0.717, 1.165) is 0 Å². The summed E-state index contributed by atoms with van der Waals surface area (Å²) < 4.78 is 1.37. The Morgan fingerprint density at radius 1 is 0.786 bits per heavy atom. The van der Waals surface area contributed by atoms with Gasteiger partial charge >= 0.3 is 269 Å². The van der Waals surface area contributed by atoms with E-state index >= 15 is 0 Å². The molecule has 0 fully saturated rings. The Balaban J connectivity index is 1.57. The molecular formula is C38H42Cl2SiZr. The van der Waals surface area contributed by atoms with Gasteiger partial charge in [-0.3, -0.25) is 0 Å². The van der Waals surface area contributed by atoms with E-state index in [1.54, 1.807) is 0 Å². The zero-order valence-corrected chi connectivity index (χ0v) is 31.6. The first-order valence-corrected chi connectivity index (χ1v) is 25.8. The molecule has 0 saturated heterocycles. The molecule has 0 bridgehead atoms. The van der Waals surface area contributed by atoms with Crippen LogP contribution in [0.4, 0.5) is 0 Å². The van der Waals surface area contributed by atoms with E-state index in [-0.39, 0.29) is 9.04 Å². The SMILES string of the molecule is Cc1ccc2c(c1-c1cc(C(C)C)cc(C(C)C)c1)C=C(C(C)(C)C)[CH]2[Zr]([Cl])([Cl])[c]1cccc2c1[SiH2]c1ccccc1-2. The van der Waals surface area contributed by atoms with Crippen LogP contribution in [0.15, 0.2) is 78.4 Å². The van der Waals surface area contributed by atoms with Crippen molar-refractivity contribution < 1.29 is 17.9 Å². The van der Waals surface area contributed by atoms with Crippen molar-refractivity contribution in [2.24, 2.45) is 5.41 Å². The van der Waals surface area contributed by atoms with Gasteiger partial charge < -0.3 is 0 Å². The van der Waals surface area contributed by atoms with E-state index in [2.05, 4.69) is 134 Å². The summed E-state index contributed by atoms with van der Waals surface area (Å²) in [6.45, 7) is 18.4. The molecule has 1 aliphatic heterocycles. The number of fused-ring (bicyclic) bond motifs is 4. The summed E-state index contributed by atoms with van der Waals surface area (Å²) in [6, 6.07) is 27.6. The molecule has 42 heavy (non-hydrogen) atoms. The first kappa shape index (κ1) is 30.3. The molecule has 4 aromatic carbocycles. The van der Waals surface area contributed by atoms with Crippen molar-refractivity contribution in [3.8, 4) is 22.3 Å². The van der Waals surface area contributed by atoms with Crippen molar-refractivity contribution in [3.05, 3.63) is 106 Å². The molecule has 1 unspecified atom stereocenters. The third kappa shape index (κ3) is 5.09. The van der Waals surface area contributed by atoms with Crippen LogP contribution in [-0.2, 0) is 17.9 Å². The van der Waals surface area contributed by atoms with Gasteiger partial charge in [0.25, 0.3) is 0 Å². The van der Waals surface area contributed by atoms with Gasteiger partial charge in [-0.25, -0.2) is 0 Å². The van der Waals surface area contributed by atoms with E-state index in [1.807, 2.05) is 0 Å². The van der Waals surface area contributed by atoms with Gasteiger partial charge in [-0.15, -0.1) is 0 Å². The van der Waals surface area contributed by atoms with E-state index < -0.39 is 27.4 Å². The van der Waals surface area contributed by atoms with Crippen molar-refractivity contribution in [3.63, 3.8) is 0 Å². The van der Waals surface area contributed by atoms with Crippen molar-refractivity contribution in [2.45, 2.75) is 70.9 Å². The normalized spacial score (nSPS) is 16.7. The fourth-order valence-corrected chi connectivity index (χ4v) is 24.2. The molecule has 1 atom stereocenters. The molecule has 0 amide bonds. The molecule has 0 nitrogen and oxygen atoms in total. The van der Waals surface area contributed by atoms with Gasteiger partial charge in [0.05, 0.1) is 0 Å². The van der Waals surface area contributed by atoms with Gasteiger partial charge in [-0.1, -0.05) is 0 Å². The molecular weight excluding hydrogens is 647 g/mol. The molecule has 0 N–H and O–H groups in total. The molecule has 1 heterocycles. The number of aryl methyl sites for hydroxylation is 1. The average Bonchev–Trinajstić information content (AvgIpc) is 3.52. The third-order valence-corrected chi connectivity index (χ3v) is 23.6. The third-order valence-electron chi connectivity index (χ3n) is 9.45. The first-order valence-electron chi connectivity index (χ1n) is 15.4. The van der Waals surface area contributed by atoms with Gasteiger partial charge in [0.2, 0.25) is 0 Å². The molecule has 0 radical (unpaired) electrons. The van der Waals surface area contributed by atoms with Crippen LogP contribution >= 0.6 is 17.0 Å². The van der Waals surface area contributed by atoms with Crippen LogP contribution in [0.1, 0.15) is 91.7 Å². The molecule has 0 saturated carbocycles. The van der Waals surface area contributed by atoms with Gasteiger partial charge in [-0.2, -0.15) is 0 Å². The molecule has 4 aromatic rings. The predicted octanol–water partition coefficient (Wildman–Crippen LogP) is 9.28. The topological polar surface area (TPSA) is 0 Å². The van der Waals surface area contributed by atoms with E-state index in [9.17, 15) is 0 Å². The van der Waals surface area contributed by atoms with E-state index in [0.29, 0.717) is 11.8 Å². The van der Waals surface area contributed by atoms with E-state index in [4.69, 9.17) is 17.0 Å². The zero-order chi connectivity index (χ0) is 30.1. The molecule has 2 aliphatic rings. The Morgan fingerprint density at radius 3 is 2.07 bits per heavy atom. The molecule has 4 heteroatoms. The molecule has 6 rings (SSSR count). The molecule has 0 aromatic heterocycles. The standard InChI is InChI=1S/C26H33.C12H9Si.2ClH.Zr/c1-16(2)20-11-21(17(3)4)13-22(12-20)25-18(5)9-10-19-14-23(15-24(19)25)26(6,7)8;1-3-7-11-9(5-1)10-6-2-4-8-12(10)13-11;;;/h9-17H,1-8H3;1-7H,13H2;2*1H;/q;;;;+2/p-2. The van der Waals surface area contributed by atoms with Crippen molar-refractivity contribution in [2.75, 3.05) is 0 Å². The first-order chi connectivity index (χ1) is 19.8. The number of allylic oxidation sites excluding steroid dienone is 1. The van der Waals surface area contributed by atoms with Crippen LogP contribution < -0.4 is 13.6 Å². The van der Waals surface area contributed by atoms with Crippen LogP contribution in [0.2, 0.25) is 0 Å². The quantitative estimate of drug-likeness (QED) is 0.162. The molecule has 216 valence electrons. The fraction of sp³-hybridized carbons (Fsp3) is 0.316. The minimum absolute atomic E-state index is 0.0535.